The molecule has 18 heavy (non-hydrogen) atoms. The predicted octanol–water partition coefficient (Wildman–Crippen LogP) is 2.91. The van der Waals surface area contributed by atoms with Crippen LogP contribution in [0.3, 0.4) is 0 Å². The van der Waals surface area contributed by atoms with Crippen LogP contribution in [-0.4, -0.2) is 18.6 Å². The van der Waals surface area contributed by atoms with E-state index in [0.717, 1.165) is 17.8 Å². The molecular formula is C15H26N2O. The summed E-state index contributed by atoms with van der Waals surface area (Å²) in [5, 5.41) is 6.05. The van der Waals surface area contributed by atoms with Crippen molar-refractivity contribution in [2.24, 2.45) is 23.2 Å². The quantitative estimate of drug-likeness (QED) is 0.794. The van der Waals surface area contributed by atoms with E-state index in [-0.39, 0.29) is 6.03 Å². The normalized spacial score (nSPS) is 42.7. The molecule has 3 nitrogen and oxygen atoms in total. The minimum Gasteiger partial charge on any atom is -0.338 e. The largest absolute Gasteiger partial charge is 0.338 e. The Balaban J connectivity index is 1.69. The van der Waals surface area contributed by atoms with Gasteiger partial charge in [-0.05, 0) is 75.5 Å². The van der Waals surface area contributed by atoms with Crippen LogP contribution in [0.15, 0.2) is 0 Å². The van der Waals surface area contributed by atoms with E-state index in [1.165, 1.54) is 38.5 Å². The fourth-order valence-corrected chi connectivity index (χ4v) is 5.27. The van der Waals surface area contributed by atoms with Crippen LogP contribution in [0.1, 0.15) is 52.4 Å². The molecule has 0 saturated heterocycles. The van der Waals surface area contributed by atoms with Gasteiger partial charge < -0.3 is 10.6 Å². The second-order valence-electron chi connectivity index (χ2n) is 7.01. The summed E-state index contributed by atoms with van der Waals surface area (Å²) in [6.07, 6.45) is 8.46. The van der Waals surface area contributed by atoms with Gasteiger partial charge in [0, 0.05) is 12.6 Å². The maximum atomic E-state index is 11.7. The first-order chi connectivity index (χ1) is 8.61. The Bertz CT molecular complexity index is 304. The molecule has 0 radical (unpaired) electrons. The highest BCUT2D eigenvalue weighted by atomic mass is 16.2. The van der Waals surface area contributed by atoms with E-state index in [1.807, 2.05) is 6.92 Å². The van der Waals surface area contributed by atoms with E-state index in [9.17, 15) is 4.79 Å². The van der Waals surface area contributed by atoms with Gasteiger partial charge in [0.1, 0.15) is 0 Å². The summed E-state index contributed by atoms with van der Waals surface area (Å²) in [6.45, 7) is 4.90. The zero-order valence-corrected chi connectivity index (χ0v) is 11.7. The highest BCUT2D eigenvalue weighted by Crippen LogP contribution is 2.61. The highest BCUT2D eigenvalue weighted by Gasteiger charge is 2.53. The molecule has 0 aromatic carbocycles. The van der Waals surface area contributed by atoms with Crippen LogP contribution in [0.5, 0.6) is 0 Å². The van der Waals surface area contributed by atoms with E-state index < -0.39 is 0 Å². The molecule has 4 rings (SSSR count). The minimum atomic E-state index is 0.0146. The summed E-state index contributed by atoms with van der Waals surface area (Å²) in [7, 11) is 0. The molecule has 2 amide bonds. The Labute approximate surface area is 110 Å². The molecule has 2 N–H and O–H groups in total. The number of carbonyl (C=O) groups excluding carboxylic acids is 1. The van der Waals surface area contributed by atoms with Gasteiger partial charge in [0.25, 0.3) is 0 Å². The van der Waals surface area contributed by atoms with E-state index in [2.05, 4.69) is 17.6 Å². The molecule has 4 aliphatic rings. The van der Waals surface area contributed by atoms with Crippen molar-refractivity contribution in [2.45, 2.75) is 58.4 Å². The lowest BCUT2D eigenvalue weighted by Crippen LogP contribution is -2.57. The van der Waals surface area contributed by atoms with Crippen molar-refractivity contribution in [3.63, 3.8) is 0 Å². The van der Waals surface area contributed by atoms with Crippen molar-refractivity contribution in [2.75, 3.05) is 6.54 Å². The summed E-state index contributed by atoms with van der Waals surface area (Å²) >= 11 is 0. The summed E-state index contributed by atoms with van der Waals surface area (Å²) < 4.78 is 0. The van der Waals surface area contributed by atoms with Crippen molar-refractivity contribution in [3.8, 4) is 0 Å². The van der Waals surface area contributed by atoms with E-state index in [0.29, 0.717) is 18.0 Å². The third-order valence-electron chi connectivity index (χ3n) is 5.69. The van der Waals surface area contributed by atoms with Crippen molar-refractivity contribution in [1.82, 2.24) is 10.6 Å². The molecule has 0 aromatic rings. The number of amides is 2. The Morgan fingerprint density at radius 2 is 1.67 bits per heavy atom. The second-order valence-corrected chi connectivity index (χ2v) is 7.01. The monoisotopic (exact) mass is 250 g/mol. The SMILES string of the molecule is CCNC(=O)NC(C)C12CC3CC(CC(C3)C1)C2. The van der Waals surface area contributed by atoms with Crippen LogP contribution >= 0.6 is 0 Å². The predicted molar refractivity (Wildman–Crippen MR) is 72.3 cm³/mol. The maximum absolute atomic E-state index is 11.7. The number of nitrogens with one attached hydrogen (secondary N) is 2. The molecule has 4 bridgehead atoms. The van der Waals surface area contributed by atoms with E-state index >= 15 is 0 Å². The zero-order chi connectivity index (χ0) is 12.8. The average molecular weight is 250 g/mol. The summed E-state index contributed by atoms with van der Waals surface area (Å²) in [5.74, 6) is 2.86. The van der Waals surface area contributed by atoms with Crippen LogP contribution < -0.4 is 10.6 Å². The molecule has 1 unspecified atom stereocenters. The standard InChI is InChI=1S/C15H26N2O/c1-3-16-14(18)17-10(2)15-7-11-4-12(8-15)6-13(5-11)9-15/h10-13H,3-9H2,1-2H3,(H2,16,17,18). The van der Waals surface area contributed by atoms with E-state index in [1.54, 1.807) is 0 Å². The molecule has 1 atom stereocenters. The summed E-state index contributed by atoms with van der Waals surface area (Å²) in [5.41, 5.74) is 0.416. The van der Waals surface area contributed by atoms with Gasteiger partial charge in [-0.1, -0.05) is 0 Å². The molecule has 4 aliphatic carbocycles. The molecule has 4 saturated carbocycles. The lowest BCUT2D eigenvalue weighted by Gasteiger charge is -2.59. The van der Waals surface area contributed by atoms with Crippen LogP contribution in [0, 0.1) is 23.2 Å². The van der Waals surface area contributed by atoms with Gasteiger partial charge in [-0.3, -0.25) is 0 Å². The first-order valence-electron chi connectivity index (χ1n) is 7.65. The number of carbonyl (C=O) groups is 1. The number of hydrogen-bond donors (Lipinski definition) is 2. The first-order valence-corrected chi connectivity index (χ1v) is 7.65. The minimum absolute atomic E-state index is 0.0146. The Hall–Kier alpha value is -0.730. The smallest absolute Gasteiger partial charge is 0.315 e. The molecule has 102 valence electrons. The third-order valence-corrected chi connectivity index (χ3v) is 5.69. The lowest BCUT2D eigenvalue weighted by atomic mass is 9.48. The lowest BCUT2D eigenvalue weighted by molar-refractivity contribution is -0.0682. The van der Waals surface area contributed by atoms with Crippen LogP contribution in [0.25, 0.3) is 0 Å². The van der Waals surface area contributed by atoms with Crippen molar-refractivity contribution < 1.29 is 4.79 Å². The van der Waals surface area contributed by atoms with Gasteiger partial charge in [0.15, 0.2) is 0 Å². The summed E-state index contributed by atoms with van der Waals surface area (Å²) in [6, 6.07) is 0.346. The Kier molecular flexibility index (Phi) is 3.03. The van der Waals surface area contributed by atoms with Gasteiger partial charge >= 0.3 is 6.03 Å². The van der Waals surface area contributed by atoms with Crippen LogP contribution in [-0.2, 0) is 0 Å². The summed E-state index contributed by atoms with van der Waals surface area (Å²) in [4.78, 5) is 11.7. The molecule has 3 heteroatoms. The molecule has 0 heterocycles. The number of hydrogen-bond acceptors (Lipinski definition) is 1. The fourth-order valence-electron chi connectivity index (χ4n) is 5.27. The number of urea groups is 1. The van der Waals surface area contributed by atoms with Gasteiger partial charge in [-0.2, -0.15) is 0 Å². The van der Waals surface area contributed by atoms with Gasteiger partial charge in [0.05, 0.1) is 0 Å². The first kappa shape index (κ1) is 12.3. The third kappa shape index (κ3) is 2.02. The molecular weight excluding hydrogens is 224 g/mol. The van der Waals surface area contributed by atoms with Gasteiger partial charge in [0.2, 0.25) is 0 Å². The topological polar surface area (TPSA) is 41.1 Å². The van der Waals surface area contributed by atoms with Crippen molar-refractivity contribution in [3.05, 3.63) is 0 Å². The average Bonchev–Trinajstić information content (AvgIpc) is 2.27. The number of rotatable bonds is 3. The van der Waals surface area contributed by atoms with Crippen molar-refractivity contribution in [1.29, 1.82) is 0 Å². The van der Waals surface area contributed by atoms with Crippen molar-refractivity contribution >= 4 is 6.03 Å². The Morgan fingerprint density at radius 1 is 1.17 bits per heavy atom. The van der Waals surface area contributed by atoms with Gasteiger partial charge in [-0.15, -0.1) is 0 Å². The maximum Gasteiger partial charge on any atom is 0.315 e. The molecule has 0 aromatic heterocycles. The van der Waals surface area contributed by atoms with Gasteiger partial charge in [-0.25, -0.2) is 4.79 Å². The second kappa shape index (κ2) is 4.43. The molecule has 0 spiro atoms. The van der Waals surface area contributed by atoms with E-state index in [4.69, 9.17) is 0 Å². The van der Waals surface area contributed by atoms with Crippen LogP contribution in [0.4, 0.5) is 4.79 Å². The van der Waals surface area contributed by atoms with Crippen LogP contribution in [0.2, 0.25) is 0 Å². The molecule has 0 aliphatic heterocycles. The zero-order valence-electron chi connectivity index (χ0n) is 11.7. The Morgan fingerprint density at radius 3 is 2.11 bits per heavy atom. The highest BCUT2D eigenvalue weighted by molar-refractivity contribution is 5.74. The fraction of sp³-hybridized carbons (Fsp3) is 0.933. The molecule has 4 fully saturated rings.